The highest BCUT2D eigenvalue weighted by Crippen LogP contribution is 2.16. The third-order valence-corrected chi connectivity index (χ3v) is 3.35. The number of aromatic nitrogens is 3. The summed E-state index contributed by atoms with van der Waals surface area (Å²) < 4.78 is 0. The molecule has 3 aromatic rings. The molecule has 0 saturated heterocycles. The zero-order valence-corrected chi connectivity index (χ0v) is 10.5. The maximum Gasteiger partial charge on any atom is 0.274 e. The van der Waals surface area contributed by atoms with Crippen LogP contribution in [0.4, 0.5) is 0 Å². The van der Waals surface area contributed by atoms with E-state index in [9.17, 15) is 9.90 Å². The van der Waals surface area contributed by atoms with Crippen molar-refractivity contribution in [3.63, 3.8) is 0 Å². The summed E-state index contributed by atoms with van der Waals surface area (Å²) in [5.74, 6) is -0.0664. The number of nitrogens with one attached hydrogen (secondary N) is 1. The second-order valence-electron chi connectivity index (χ2n) is 3.84. The normalized spacial score (nSPS) is 11.9. The van der Waals surface area contributed by atoms with Gasteiger partial charge in [0.2, 0.25) is 0 Å². The lowest BCUT2D eigenvalue weighted by Crippen LogP contribution is -2.11. The topological polar surface area (TPSA) is 78.9 Å². The fourth-order valence-electron chi connectivity index (χ4n) is 1.68. The van der Waals surface area contributed by atoms with Crippen LogP contribution in [-0.4, -0.2) is 20.1 Å². The monoisotopic (exact) mass is 271 g/mol. The molecule has 0 radical (unpaired) electrons. The van der Waals surface area contributed by atoms with E-state index in [-0.39, 0.29) is 17.0 Å². The number of para-hydroxylation sites is 2. The Balaban J connectivity index is 2.13. The van der Waals surface area contributed by atoms with Gasteiger partial charge in [0, 0.05) is 17.7 Å². The van der Waals surface area contributed by atoms with E-state index in [1.165, 1.54) is 17.4 Å². The van der Waals surface area contributed by atoms with E-state index in [2.05, 4.69) is 15.0 Å². The van der Waals surface area contributed by atoms with Crippen LogP contribution in [-0.2, 0) is 0 Å². The summed E-state index contributed by atoms with van der Waals surface area (Å²) >= 11 is 1.29. The molecule has 2 aromatic heterocycles. The van der Waals surface area contributed by atoms with Crippen LogP contribution in [0.5, 0.6) is 0 Å². The summed E-state index contributed by atoms with van der Waals surface area (Å²) in [5.41, 5.74) is 1.15. The van der Waals surface area contributed by atoms with Gasteiger partial charge >= 0.3 is 0 Å². The third-order valence-electron chi connectivity index (χ3n) is 2.55. The Bertz CT molecular complexity index is 806. The number of H-pyrrole nitrogens is 1. The Morgan fingerprint density at radius 1 is 1.37 bits per heavy atom. The summed E-state index contributed by atoms with van der Waals surface area (Å²) in [4.78, 5) is 22.8. The molecule has 0 aliphatic rings. The van der Waals surface area contributed by atoms with Gasteiger partial charge in [-0.3, -0.25) is 4.79 Å². The maximum absolute atomic E-state index is 11.8. The van der Waals surface area contributed by atoms with E-state index in [1.54, 1.807) is 23.7 Å². The van der Waals surface area contributed by atoms with Crippen molar-refractivity contribution in [2.24, 2.45) is 0 Å². The number of hydrogen-bond donors (Lipinski definition) is 2. The Hall–Kier alpha value is -2.47. The molecule has 0 bridgehead atoms. The van der Waals surface area contributed by atoms with E-state index in [0.717, 1.165) is 0 Å². The SMILES string of the molecule is O=c1[nH]c2ccccc2nc1/C=C(\O)c1nccs1. The molecule has 0 amide bonds. The molecule has 5 nitrogen and oxygen atoms in total. The molecule has 2 N–H and O–H groups in total. The summed E-state index contributed by atoms with van der Waals surface area (Å²) in [6.45, 7) is 0. The van der Waals surface area contributed by atoms with E-state index >= 15 is 0 Å². The van der Waals surface area contributed by atoms with Crippen molar-refractivity contribution in [2.45, 2.75) is 0 Å². The summed E-state index contributed by atoms with van der Waals surface area (Å²) in [6, 6.07) is 7.23. The smallest absolute Gasteiger partial charge is 0.274 e. The van der Waals surface area contributed by atoms with Gasteiger partial charge in [-0.1, -0.05) is 12.1 Å². The Kier molecular flexibility index (Phi) is 2.85. The zero-order valence-electron chi connectivity index (χ0n) is 9.70. The van der Waals surface area contributed by atoms with Crippen LogP contribution < -0.4 is 5.56 Å². The van der Waals surface area contributed by atoms with Crippen molar-refractivity contribution in [2.75, 3.05) is 0 Å². The number of rotatable bonds is 2. The van der Waals surface area contributed by atoms with Crippen LogP contribution >= 0.6 is 11.3 Å². The fourth-order valence-corrected chi connectivity index (χ4v) is 2.23. The van der Waals surface area contributed by atoms with Gasteiger partial charge in [-0.25, -0.2) is 9.97 Å². The lowest BCUT2D eigenvalue weighted by atomic mass is 10.3. The number of aromatic amines is 1. The summed E-state index contributed by atoms with van der Waals surface area (Å²) in [5, 5.41) is 12.1. The van der Waals surface area contributed by atoms with E-state index in [4.69, 9.17) is 0 Å². The lowest BCUT2D eigenvalue weighted by Gasteiger charge is -1.99. The van der Waals surface area contributed by atoms with Crippen LogP contribution in [0.3, 0.4) is 0 Å². The largest absolute Gasteiger partial charge is 0.505 e. The van der Waals surface area contributed by atoms with Crippen LogP contribution in [0.15, 0.2) is 40.6 Å². The maximum atomic E-state index is 11.8. The lowest BCUT2D eigenvalue weighted by molar-refractivity contribution is 0.514. The molecule has 3 rings (SSSR count). The van der Waals surface area contributed by atoms with Gasteiger partial charge in [0.1, 0.15) is 5.69 Å². The molecule has 94 valence electrons. The van der Waals surface area contributed by atoms with Crippen molar-refractivity contribution < 1.29 is 5.11 Å². The quantitative estimate of drug-likeness (QED) is 0.702. The van der Waals surface area contributed by atoms with Crippen molar-refractivity contribution >= 4 is 34.2 Å². The third kappa shape index (κ3) is 2.25. The minimum atomic E-state index is -0.346. The molecule has 0 aliphatic heterocycles. The average Bonchev–Trinajstić information content (AvgIpc) is 2.93. The Morgan fingerprint density at radius 3 is 3.00 bits per heavy atom. The summed E-state index contributed by atoms with van der Waals surface area (Å²) in [6.07, 6.45) is 2.91. The second kappa shape index (κ2) is 4.66. The molecule has 0 fully saturated rings. The Labute approximate surface area is 111 Å². The standard InChI is InChI=1S/C13H9N3O2S/c17-11(13-14-5-6-19-13)7-10-12(18)16-9-4-2-1-3-8(9)15-10/h1-7,17H,(H,16,18)/b11-7-. The molecule has 1 aromatic carbocycles. The Morgan fingerprint density at radius 2 is 2.21 bits per heavy atom. The van der Waals surface area contributed by atoms with E-state index in [1.807, 2.05) is 12.1 Å². The number of thiazole rings is 1. The van der Waals surface area contributed by atoms with Crippen LogP contribution in [0.1, 0.15) is 10.7 Å². The van der Waals surface area contributed by atoms with Crippen molar-refractivity contribution in [1.29, 1.82) is 0 Å². The van der Waals surface area contributed by atoms with Crippen molar-refractivity contribution in [3.8, 4) is 0 Å². The molecular formula is C13H9N3O2S. The molecule has 0 aliphatic carbocycles. The first-order chi connectivity index (χ1) is 9.24. The molecule has 19 heavy (non-hydrogen) atoms. The number of aliphatic hydroxyl groups excluding tert-OH is 1. The van der Waals surface area contributed by atoms with Gasteiger partial charge in [-0.15, -0.1) is 11.3 Å². The van der Waals surface area contributed by atoms with Crippen molar-refractivity contribution in [3.05, 3.63) is 56.9 Å². The highest BCUT2D eigenvalue weighted by Gasteiger charge is 2.06. The van der Waals surface area contributed by atoms with Gasteiger partial charge in [-0.2, -0.15) is 0 Å². The first kappa shape index (κ1) is 11.6. The second-order valence-corrected chi connectivity index (χ2v) is 4.73. The van der Waals surface area contributed by atoms with Crippen LogP contribution in [0, 0.1) is 0 Å². The number of benzene rings is 1. The number of fused-ring (bicyclic) bond motifs is 1. The predicted octanol–water partition coefficient (Wildman–Crippen LogP) is 2.44. The minimum Gasteiger partial charge on any atom is -0.505 e. The van der Waals surface area contributed by atoms with E-state index < -0.39 is 0 Å². The molecule has 0 unspecified atom stereocenters. The number of nitrogens with zero attached hydrogens (tertiary/aromatic N) is 2. The first-order valence-electron chi connectivity index (χ1n) is 5.53. The highest BCUT2D eigenvalue weighted by atomic mass is 32.1. The molecule has 6 heteroatoms. The minimum absolute atomic E-state index is 0.0664. The zero-order chi connectivity index (χ0) is 13.2. The molecule has 0 atom stereocenters. The molecular weight excluding hydrogens is 262 g/mol. The molecule has 0 saturated carbocycles. The fraction of sp³-hybridized carbons (Fsp3) is 0. The van der Waals surface area contributed by atoms with Crippen molar-refractivity contribution in [1.82, 2.24) is 15.0 Å². The predicted molar refractivity (Wildman–Crippen MR) is 75.0 cm³/mol. The number of aliphatic hydroxyl groups is 1. The van der Waals surface area contributed by atoms with Crippen LogP contribution in [0.2, 0.25) is 0 Å². The van der Waals surface area contributed by atoms with Gasteiger partial charge in [0.05, 0.1) is 11.0 Å². The first-order valence-corrected chi connectivity index (χ1v) is 6.41. The highest BCUT2D eigenvalue weighted by molar-refractivity contribution is 7.10. The van der Waals surface area contributed by atoms with Gasteiger partial charge in [-0.05, 0) is 12.1 Å². The van der Waals surface area contributed by atoms with Crippen LogP contribution in [0.25, 0.3) is 22.9 Å². The number of hydrogen-bond acceptors (Lipinski definition) is 5. The van der Waals surface area contributed by atoms with Gasteiger partial charge in [0.25, 0.3) is 5.56 Å². The van der Waals surface area contributed by atoms with E-state index in [0.29, 0.717) is 16.0 Å². The molecule has 0 spiro atoms. The van der Waals surface area contributed by atoms with Gasteiger partial charge in [0.15, 0.2) is 10.8 Å². The molecule has 2 heterocycles. The van der Waals surface area contributed by atoms with Gasteiger partial charge < -0.3 is 10.1 Å². The average molecular weight is 271 g/mol. The summed E-state index contributed by atoms with van der Waals surface area (Å²) in [7, 11) is 0.